The molecule has 0 amide bonds. The van der Waals surface area contributed by atoms with Crippen LogP contribution in [-0.2, 0) is 0 Å². The van der Waals surface area contributed by atoms with Crippen LogP contribution in [0.25, 0.3) is 0 Å². The normalized spacial score (nSPS) is 17.0. The Hall–Kier alpha value is -0.570. The third-order valence-electron chi connectivity index (χ3n) is 2.91. The van der Waals surface area contributed by atoms with Gasteiger partial charge in [0.15, 0.2) is 0 Å². The van der Waals surface area contributed by atoms with Crippen LogP contribution in [0.2, 0.25) is 0 Å². The lowest BCUT2D eigenvalue weighted by molar-refractivity contribution is 0.151. The molecule has 0 aliphatic carbocycles. The van der Waals surface area contributed by atoms with Gasteiger partial charge in [-0.15, -0.1) is 0 Å². The molecule has 1 N–H and O–H groups in total. The molecular formula is C12H26N2O. The predicted molar refractivity (Wildman–Crippen MR) is 65.7 cm³/mol. The lowest BCUT2D eigenvalue weighted by Gasteiger charge is -2.39. The second kappa shape index (κ2) is 4.52. The highest BCUT2D eigenvalue weighted by Gasteiger charge is 2.31. The van der Waals surface area contributed by atoms with Gasteiger partial charge >= 0.3 is 0 Å². The van der Waals surface area contributed by atoms with E-state index in [0.29, 0.717) is 0 Å². The highest BCUT2D eigenvalue weighted by Crippen LogP contribution is 2.24. The van der Waals surface area contributed by atoms with E-state index in [1.807, 2.05) is 0 Å². The van der Waals surface area contributed by atoms with Gasteiger partial charge in [0.2, 0.25) is 0 Å². The summed E-state index contributed by atoms with van der Waals surface area (Å²) >= 11 is 0. The SMILES string of the molecule is C[C@@H](C(=NO)C(C)(C)C)N(C)C(C)(C)C. The monoisotopic (exact) mass is 214 g/mol. The van der Waals surface area contributed by atoms with Crippen LogP contribution >= 0.6 is 0 Å². The Morgan fingerprint density at radius 3 is 1.73 bits per heavy atom. The molecule has 90 valence electrons. The Morgan fingerprint density at radius 1 is 1.13 bits per heavy atom. The van der Waals surface area contributed by atoms with Crippen molar-refractivity contribution in [2.24, 2.45) is 10.6 Å². The molecule has 0 aliphatic heterocycles. The summed E-state index contributed by atoms with van der Waals surface area (Å²) in [6.07, 6.45) is 0. The van der Waals surface area contributed by atoms with E-state index in [1.165, 1.54) is 0 Å². The molecule has 0 unspecified atom stereocenters. The Bertz CT molecular complexity index is 233. The lowest BCUT2D eigenvalue weighted by atomic mass is 9.84. The molecular weight excluding hydrogens is 188 g/mol. The minimum atomic E-state index is -0.103. The number of hydrogen-bond donors (Lipinski definition) is 1. The third kappa shape index (κ3) is 3.82. The molecule has 3 heteroatoms. The van der Waals surface area contributed by atoms with Crippen LogP contribution in [0.5, 0.6) is 0 Å². The van der Waals surface area contributed by atoms with Crippen LogP contribution in [0, 0.1) is 5.41 Å². The van der Waals surface area contributed by atoms with Crippen LogP contribution in [0.4, 0.5) is 0 Å². The molecule has 0 aromatic carbocycles. The van der Waals surface area contributed by atoms with E-state index in [0.717, 1.165) is 5.71 Å². The smallest absolute Gasteiger partial charge is 0.0792 e. The first-order chi connectivity index (χ1) is 6.51. The Labute approximate surface area is 94.2 Å². The van der Waals surface area contributed by atoms with E-state index < -0.39 is 0 Å². The molecule has 0 rings (SSSR count). The molecule has 3 nitrogen and oxygen atoms in total. The Balaban J connectivity index is 4.93. The van der Waals surface area contributed by atoms with E-state index >= 15 is 0 Å². The first kappa shape index (κ1) is 14.4. The van der Waals surface area contributed by atoms with Crippen molar-refractivity contribution in [1.82, 2.24) is 4.90 Å². The first-order valence-electron chi connectivity index (χ1n) is 5.47. The van der Waals surface area contributed by atoms with Crippen LogP contribution in [-0.4, -0.2) is 34.4 Å². The molecule has 0 bridgehead atoms. The second-order valence-corrected chi connectivity index (χ2v) is 6.19. The fourth-order valence-electron chi connectivity index (χ4n) is 1.62. The van der Waals surface area contributed by atoms with Gasteiger partial charge < -0.3 is 5.21 Å². The molecule has 0 spiro atoms. The summed E-state index contributed by atoms with van der Waals surface area (Å²) in [5.74, 6) is 0. The van der Waals surface area contributed by atoms with Crippen molar-refractivity contribution in [3.05, 3.63) is 0 Å². The van der Waals surface area contributed by atoms with E-state index in [2.05, 4.69) is 65.6 Å². The summed E-state index contributed by atoms with van der Waals surface area (Å²) in [6, 6.07) is 0.134. The molecule has 0 radical (unpaired) electrons. The van der Waals surface area contributed by atoms with Gasteiger partial charge in [0.25, 0.3) is 0 Å². The maximum atomic E-state index is 9.11. The van der Waals surface area contributed by atoms with Crippen molar-refractivity contribution in [3.63, 3.8) is 0 Å². The number of oxime groups is 1. The summed E-state index contributed by atoms with van der Waals surface area (Å²) in [7, 11) is 2.06. The largest absolute Gasteiger partial charge is 0.411 e. The Kier molecular flexibility index (Phi) is 4.35. The van der Waals surface area contributed by atoms with Gasteiger partial charge in [-0.1, -0.05) is 25.9 Å². The Morgan fingerprint density at radius 2 is 1.53 bits per heavy atom. The van der Waals surface area contributed by atoms with Crippen molar-refractivity contribution in [2.45, 2.75) is 60.0 Å². The van der Waals surface area contributed by atoms with Crippen LogP contribution in [0.1, 0.15) is 48.5 Å². The van der Waals surface area contributed by atoms with Crippen molar-refractivity contribution >= 4 is 5.71 Å². The number of hydrogen-bond acceptors (Lipinski definition) is 3. The number of rotatable bonds is 2. The van der Waals surface area contributed by atoms with Gasteiger partial charge in [-0.05, 0) is 34.7 Å². The number of nitrogens with zero attached hydrogens (tertiary/aromatic N) is 2. The van der Waals surface area contributed by atoms with Crippen molar-refractivity contribution in [3.8, 4) is 0 Å². The highest BCUT2D eigenvalue weighted by atomic mass is 16.4. The third-order valence-corrected chi connectivity index (χ3v) is 2.91. The molecule has 0 heterocycles. The summed E-state index contributed by atoms with van der Waals surface area (Å²) in [4.78, 5) is 2.22. The van der Waals surface area contributed by atoms with Crippen molar-refractivity contribution in [1.29, 1.82) is 0 Å². The van der Waals surface area contributed by atoms with Crippen molar-refractivity contribution in [2.75, 3.05) is 7.05 Å². The van der Waals surface area contributed by atoms with E-state index in [4.69, 9.17) is 5.21 Å². The summed E-state index contributed by atoms with van der Waals surface area (Å²) in [5.41, 5.74) is 0.786. The van der Waals surface area contributed by atoms with Crippen LogP contribution in [0.3, 0.4) is 0 Å². The quantitative estimate of drug-likeness (QED) is 0.436. The average molecular weight is 214 g/mol. The lowest BCUT2D eigenvalue weighted by Crippen LogP contribution is -2.50. The van der Waals surface area contributed by atoms with Crippen molar-refractivity contribution < 1.29 is 5.21 Å². The molecule has 1 atom stereocenters. The minimum Gasteiger partial charge on any atom is -0.411 e. The summed E-state index contributed by atoms with van der Waals surface area (Å²) in [6.45, 7) is 14.7. The van der Waals surface area contributed by atoms with Gasteiger partial charge in [0.05, 0.1) is 5.71 Å². The van der Waals surface area contributed by atoms with Gasteiger partial charge in [0, 0.05) is 17.0 Å². The molecule has 15 heavy (non-hydrogen) atoms. The zero-order valence-corrected chi connectivity index (χ0v) is 11.4. The van der Waals surface area contributed by atoms with Crippen LogP contribution in [0.15, 0.2) is 5.16 Å². The maximum absolute atomic E-state index is 9.11. The first-order valence-corrected chi connectivity index (χ1v) is 5.47. The molecule has 0 saturated carbocycles. The summed E-state index contributed by atoms with van der Waals surface area (Å²) < 4.78 is 0. The second-order valence-electron chi connectivity index (χ2n) is 6.19. The summed E-state index contributed by atoms with van der Waals surface area (Å²) in [5, 5.41) is 12.6. The average Bonchev–Trinajstić information content (AvgIpc) is 1.99. The zero-order valence-electron chi connectivity index (χ0n) is 11.4. The molecule has 0 saturated heterocycles. The topological polar surface area (TPSA) is 35.8 Å². The van der Waals surface area contributed by atoms with E-state index in [9.17, 15) is 0 Å². The fraction of sp³-hybridized carbons (Fsp3) is 0.917. The van der Waals surface area contributed by atoms with Crippen LogP contribution < -0.4 is 0 Å². The van der Waals surface area contributed by atoms with Gasteiger partial charge in [-0.2, -0.15) is 0 Å². The maximum Gasteiger partial charge on any atom is 0.0792 e. The van der Waals surface area contributed by atoms with Gasteiger partial charge in [0.1, 0.15) is 0 Å². The van der Waals surface area contributed by atoms with Gasteiger partial charge in [-0.3, -0.25) is 4.90 Å². The highest BCUT2D eigenvalue weighted by molar-refractivity contribution is 5.93. The fourth-order valence-corrected chi connectivity index (χ4v) is 1.62. The van der Waals surface area contributed by atoms with E-state index in [-0.39, 0.29) is 17.0 Å². The minimum absolute atomic E-state index is 0.0700. The molecule has 0 fully saturated rings. The van der Waals surface area contributed by atoms with E-state index in [1.54, 1.807) is 0 Å². The molecule has 0 aromatic rings. The van der Waals surface area contributed by atoms with Gasteiger partial charge in [-0.25, -0.2) is 0 Å². The molecule has 0 aromatic heterocycles. The zero-order chi connectivity index (χ0) is 12.4. The predicted octanol–water partition coefficient (Wildman–Crippen LogP) is 2.98. The molecule has 0 aliphatic rings. The standard InChI is InChI=1S/C12H26N2O/c1-9(14(8)12(5,6)7)10(13-15)11(2,3)4/h9,15H,1-8H3/t9-/m0/s1.